The van der Waals surface area contributed by atoms with Crippen LogP contribution in [0.25, 0.3) is 94.1 Å². The molecule has 2 aliphatic rings. The van der Waals surface area contributed by atoms with E-state index in [4.69, 9.17) is 4.98 Å². The largest absolute Gasteiger partial charge is 0.361 e. The maximum atomic E-state index is 5.33. The van der Waals surface area contributed by atoms with Gasteiger partial charge < -0.3 is 18.9 Å². The van der Waals surface area contributed by atoms with Gasteiger partial charge in [0.25, 0.3) is 0 Å². The molecule has 12 rings (SSSR count). The number of rotatable bonds is 5. The third kappa shape index (κ3) is 5.06. The van der Waals surface area contributed by atoms with Gasteiger partial charge in [0.05, 0.1) is 28.7 Å². The van der Waals surface area contributed by atoms with Crippen LogP contribution in [0.3, 0.4) is 0 Å². The maximum absolute atomic E-state index is 5.33. The lowest BCUT2D eigenvalue weighted by atomic mass is 9.97. The molecule has 0 saturated carbocycles. The van der Waals surface area contributed by atoms with E-state index < -0.39 is 0 Å². The first-order chi connectivity index (χ1) is 28.5. The molecule has 10 aromatic rings. The number of aromatic nitrogens is 3. The zero-order valence-corrected chi connectivity index (χ0v) is 32.4. The zero-order chi connectivity index (χ0) is 38.5. The lowest BCUT2D eigenvalue weighted by molar-refractivity contribution is 0.496. The number of hydrogen-bond acceptors (Lipinski definition) is 3. The molecule has 8 aromatic carbocycles. The van der Waals surface area contributed by atoms with Crippen LogP contribution in [0.1, 0.15) is 11.1 Å². The Morgan fingerprint density at radius 3 is 2.14 bits per heavy atom. The second kappa shape index (κ2) is 12.6. The van der Waals surface area contributed by atoms with E-state index in [1.807, 2.05) is 0 Å². The first-order valence-corrected chi connectivity index (χ1v) is 20.0. The summed E-state index contributed by atoms with van der Waals surface area (Å²) < 4.78 is 4.67. The standard InChI is InChI=1S/C53H39N5/c1-55-25-26-57(33-55)41-12-8-13-42(32-41)58-50-23-20-38(45-16-7-11-34-9-3-5-14-43(34)45)29-48(50)47-22-18-39(31-52(47)58)53-54-49-30-36(19-24-51(49)56(53)2)35-17-21-46-40(27-35)28-37-10-4-6-15-44(37)46/h3-27,29-32H,28,33H2,1-2H3. The van der Waals surface area contributed by atoms with Crippen LogP contribution in [0.2, 0.25) is 0 Å². The van der Waals surface area contributed by atoms with Gasteiger partial charge in [-0.2, -0.15) is 0 Å². The van der Waals surface area contributed by atoms with Crippen LogP contribution in [0.15, 0.2) is 176 Å². The number of benzene rings is 8. The molecule has 0 N–H and O–H groups in total. The molecule has 0 saturated heterocycles. The molecule has 0 unspecified atom stereocenters. The molecule has 0 bridgehead atoms. The van der Waals surface area contributed by atoms with Crippen molar-refractivity contribution in [2.24, 2.45) is 7.05 Å². The second-order valence-corrected chi connectivity index (χ2v) is 15.9. The third-order valence-corrected chi connectivity index (χ3v) is 12.4. The Bertz CT molecular complexity index is 3340. The van der Waals surface area contributed by atoms with Gasteiger partial charge in [-0.25, -0.2) is 4.98 Å². The van der Waals surface area contributed by atoms with Crippen LogP contribution >= 0.6 is 0 Å². The Kier molecular flexibility index (Phi) is 7.12. The normalized spacial score (nSPS) is 13.4. The van der Waals surface area contributed by atoms with Gasteiger partial charge in [-0.3, -0.25) is 0 Å². The number of aryl methyl sites for hydroxylation is 1. The van der Waals surface area contributed by atoms with E-state index in [1.165, 1.54) is 71.6 Å². The minimum Gasteiger partial charge on any atom is -0.361 e. The van der Waals surface area contributed by atoms with Gasteiger partial charge in [-0.15, -0.1) is 0 Å². The maximum Gasteiger partial charge on any atom is 0.140 e. The van der Waals surface area contributed by atoms with E-state index in [0.29, 0.717) is 0 Å². The number of imidazole rings is 1. The summed E-state index contributed by atoms with van der Waals surface area (Å²) in [6.07, 6.45) is 5.26. The Hall–Kier alpha value is -7.37. The zero-order valence-electron chi connectivity index (χ0n) is 32.4. The fourth-order valence-corrected chi connectivity index (χ4v) is 9.55. The Labute approximate surface area is 337 Å². The molecule has 5 nitrogen and oxygen atoms in total. The molecule has 1 aliphatic heterocycles. The summed E-state index contributed by atoms with van der Waals surface area (Å²) in [5.74, 6) is 0.950. The topological polar surface area (TPSA) is 29.2 Å². The smallest absolute Gasteiger partial charge is 0.140 e. The first-order valence-electron chi connectivity index (χ1n) is 20.0. The van der Waals surface area contributed by atoms with Crippen molar-refractivity contribution >= 4 is 49.3 Å². The highest BCUT2D eigenvalue weighted by Crippen LogP contribution is 2.41. The van der Waals surface area contributed by atoms with Crippen molar-refractivity contribution in [3.8, 4) is 50.5 Å². The van der Waals surface area contributed by atoms with Gasteiger partial charge in [0.15, 0.2) is 0 Å². The van der Waals surface area contributed by atoms with Crippen LogP contribution in [0, 0.1) is 0 Å². The summed E-state index contributed by atoms with van der Waals surface area (Å²) in [5.41, 5.74) is 18.2. The molecule has 276 valence electrons. The summed E-state index contributed by atoms with van der Waals surface area (Å²) >= 11 is 0. The minimum atomic E-state index is 0.824. The molecular formula is C53H39N5. The lowest BCUT2D eigenvalue weighted by Gasteiger charge is -2.19. The first kappa shape index (κ1) is 32.8. The summed E-state index contributed by atoms with van der Waals surface area (Å²) in [6.45, 7) is 0.824. The third-order valence-electron chi connectivity index (χ3n) is 12.4. The van der Waals surface area contributed by atoms with Gasteiger partial charge >= 0.3 is 0 Å². The molecule has 5 heteroatoms. The van der Waals surface area contributed by atoms with Gasteiger partial charge in [-0.05, 0) is 110 Å². The fourth-order valence-electron chi connectivity index (χ4n) is 9.55. The van der Waals surface area contributed by atoms with Crippen LogP contribution in [-0.4, -0.2) is 32.7 Å². The van der Waals surface area contributed by atoms with Gasteiger partial charge in [0.1, 0.15) is 5.82 Å². The fraction of sp³-hybridized carbons (Fsp3) is 0.0755. The second-order valence-electron chi connectivity index (χ2n) is 15.9. The number of anilines is 1. The molecule has 3 heterocycles. The molecule has 0 atom stereocenters. The van der Waals surface area contributed by atoms with E-state index in [9.17, 15) is 0 Å². The molecule has 0 spiro atoms. The summed E-state index contributed by atoms with van der Waals surface area (Å²) in [6, 6.07) is 60.4. The number of nitrogens with zero attached hydrogens (tertiary/aromatic N) is 5. The van der Waals surface area contributed by atoms with Crippen molar-refractivity contribution in [2.45, 2.75) is 6.42 Å². The van der Waals surface area contributed by atoms with Crippen molar-refractivity contribution in [1.82, 2.24) is 19.0 Å². The van der Waals surface area contributed by atoms with Gasteiger partial charge in [0.2, 0.25) is 0 Å². The van der Waals surface area contributed by atoms with Crippen molar-refractivity contribution < 1.29 is 0 Å². The Morgan fingerprint density at radius 2 is 1.21 bits per heavy atom. The number of fused-ring (bicyclic) bond motifs is 8. The SMILES string of the molecule is CN1C=CN(c2cccc(-n3c4ccc(-c5cccc6ccccc56)cc4c4ccc(-c5nc6cc(-c7ccc8c(c7)Cc7ccccc7-8)ccc6n5C)cc43)c2)C1. The molecule has 2 aromatic heterocycles. The Morgan fingerprint density at radius 1 is 0.466 bits per heavy atom. The van der Waals surface area contributed by atoms with Crippen LogP contribution in [0.4, 0.5) is 5.69 Å². The minimum absolute atomic E-state index is 0.824. The monoisotopic (exact) mass is 745 g/mol. The predicted octanol–water partition coefficient (Wildman–Crippen LogP) is 12.6. The van der Waals surface area contributed by atoms with E-state index in [2.05, 4.69) is 209 Å². The summed E-state index contributed by atoms with van der Waals surface area (Å²) in [7, 11) is 4.24. The highest BCUT2D eigenvalue weighted by molar-refractivity contribution is 6.12. The lowest BCUT2D eigenvalue weighted by Crippen LogP contribution is -2.21. The quantitative estimate of drug-likeness (QED) is 0.176. The molecular weight excluding hydrogens is 707 g/mol. The van der Waals surface area contributed by atoms with E-state index in [0.717, 1.165) is 52.4 Å². The van der Waals surface area contributed by atoms with Crippen LogP contribution < -0.4 is 4.90 Å². The highest BCUT2D eigenvalue weighted by atomic mass is 15.3. The highest BCUT2D eigenvalue weighted by Gasteiger charge is 2.21. The molecule has 58 heavy (non-hydrogen) atoms. The molecule has 1 aliphatic carbocycles. The number of hydrogen-bond donors (Lipinski definition) is 0. The van der Waals surface area contributed by atoms with Gasteiger partial charge in [-0.1, -0.05) is 115 Å². The van der Waals surface area contributed by atoms with Gasteiger partial charge in [0, 0.05) is 54.2 Å². The summed E-state index contributed by atoms with van der Waals surface area (Å²) in [5, 5.41) is 4.95. The van der Waals surface area contributed by atoms with Crippen molar-refractivity contribution in [3.63, 3.8) is 0 Å². The summed E-state index contributed by atoms with van der Waals surface area (Å²) in [4.78, 5) is 9.81. The Balaban J connectivity index is 1.000. The molecule has 0 fully saturated rings. The van der Waals surface area contributed by atoms with E-state index >= 15 is 0 Å². The molecule has 0 amide bonds. The van der Waals surface area contributed by atoms with Crippen molar-refractivity contribution in [1.29, 1.82) is 0 Å². The van der Waals surface area contributed by atoms with Crippen LogP contribution in [-0.2, 0) is 13.5 Å². The van der Waals surface area contributed by atoms with Crippen molar-refractivity contribution in [2.75, 3.05) is 18.6 Å². The van der Waals surface area contributed by atoms with E-state index in [1.54, 1.807) is 0 Å². The predicted molar refractivity (Wildman–Crippen MR) is 241 cm³/mol. The average molecular weight is 746 g/mol. The van der Waals surface area contributed by atoms with Crippen LogP contribution in [0.5, 0.6) is 0 Å². The van der Waals surface area contributed by atoms with E-state index in [-0.39, 0.29) is 0 Å². The molecule has 0 radical (unpaired) electrons. The van der Waals surface area contributed by atoms with Crippen molar-refractivity contribution in [3.05, 3.63) is 187 Å². The average Bonchev–Trinajstić information content (AvgIpc) is 4.04.